The second kappa shape index (κ2) is 6.94. The van der Waals surface area contributed by atoms with Crippen LogP contribution in [0.2, 0.25) is 0 Å². The highest BCUT2D eigenvalue weighted by Crippen LogP contribution is 2.18. The number of aliphatic hydroxyl groups is 1. The Morgan fingerprint density at radius 2 is 1.94 bits per heavy atom. The second-order valence-electron chi connectivity index (χ2n) is 4.17. The molecule has 0 radical (unpaired) electrons. The van der Waals surface area contributed by atoms with Crippen LogP contribution >= 0.6 is 11.8 Å². The second-order valence-corrected chi connectivity index (χ2v) is 5.34. The van der Waals surface area contributed by atoms with E-state index in [4.69, 9.17) is 5.11 Å². The first kappa shape index (κ1) is 13.6. The molecule has 0 aliphatic rings. The number of hydrogen-bond acceptors (Lipinski definition) is 3. The van der Waals surface area contributed by atoms with E-state index in [0.29, 0.717) is 0 Å². The van der Waals surface area contributed by atoms with Crippen LogP contribution in [-0.4, -0.2) is 42.0 Å². The third-order valence-electron chi connectivity index (χ3n) is 2.75. The predicted octanol–water partition coefficient (Wildman–Crippen LogP) is 2.40. The molecule has 1 unspecified atom stereocenters. The van der Waals surface area contributed by atoms with Crippen LogP contribution < -0.4 is 0 Å². The summed E-state index contributed by atoms with van der Waals surface area (Å²) in [7, 11) is 2.05. The van der Waals surface area contributed by atoms with E-state index in [1.54, 1.807) is 0 Å². The Kier molecular flexibility index (Phi) is 5.88. The first-order valence-electron chi connectivity index (χ1n) is 5.64. The van der Waals surface area contributed by atoms with Gasteiger partial charge in [0.2, 0.25) is 0 Å². The first-order valence-corrected chi connectivity index (χ1v) is 6.62. The number of hydrogen-bond donors (Lipinski definition) is 1. The Hall–Kier alpha value is -0.510. The minimum Gasteiger partial charge on any atom is -0.395 e. The molecule has 1 rings (SSSR count). The molecule has 1 aromatic rings. The van der Waals surface area contributed by atoms with E-state index in [1.165, 1.54) is 10.5 Å². The van der Waals surface area contributed by atoms with E-state index in [2.05, 4.69) is 43.1 Å². The van der Waals surface area contributed by atoms with Gasteiger partial charge in [0, 0.05) is 23.2 Å². The van der Waals surface area contributed by atoms with Gasteiger partial charge in [-0.05, 0) is 33.0 Å². The topological polar surface area (TPSA) is 23.5 Å². The zero-order chi connectivity index (χ0) is 12.0. The van der Waals surface area contributed by atoms with Crippen LogP contribution in [0, 0.1) is 6.92 Å². The molecule has 16 heavy (non-hydrogen) atoms. The molecule has 90 valence electrons. The van der Waals surface area contributed by atoms with Crippen molar-refractivity contribution in [2.24, 2.45) is 0 Å². The van der Waals surface area contributed by atoms with Crippen molar-refractivity contribution >= 4 is 11.8 Å². The summed E-state index contributed by atoms with van der Waals surface area (Å²) in [6, 6.07) is 8.86. The van der Waals surface area contributed by atoms with Gasteiger partial charge < -0.3 is 10.0 Å². The molecule has 0 heterocycles. The lowest BCUT2D eigenvalue weighted by Crippen LogP contribution is -2.33. The lowest BCUT2D eigenvalue weighted by molar-refractivity contribution is 0.165. The maximum atomic E-state index is 9.00. The number of aliphatic hydroxyl groups excluding tert-OH is 1. The highest BCUT2D eigenvalue weighted by molar-refractivity contribution is 7.99. The quantitative estimate of drug-likeness (QED) is 0.771. The fraction of sp³-hybridized carbons (Fsp3) is 0.538. The third-order valence-corrected chi connectivity index (χ3v) is 3.74. The molecule has 0 saturated carbocycles. The molecule has 1 aromatic carbocycles. The van der Waals surface area contributed by atoms with E-state index in [-0.39, 0.29) is 12.6 Å². The van der Waals surface area contributed by atoms with Crippen LogP contribution in [0.5, 0.6) is 0 Å². The number of likely N-dealkylation sites (N-methyl/N-ethyl adjacent to an activating group) is 1. The highest BCUT2D eigenvalue weighted by atomic mass is 32.2. The summed E-state index contributed by atoms with van der Waals surface area (Å²) >= 11 is 1.86. The monoisotopic (exact) mass is 239 g/mol. The van der Waals surface area contributed by atoms with Crippen molar-refractivity contribution in [1.29, 1.82) is 0 Å². The van der Waals surface area contributed by atoms with Crippen molar-refractivity contribution in [2.45, 2.75) is 24.8 Å². The van der Waals surface area contributed by atoms with Gasteiger partial charge in [-0.2, -0.15) is 0 Å². The molecule has 2 nitrogen and oxygen atoms in total. The molecule has 0 aliphatic heterocycles. The van der Waals surface area contributed by atoms with E-state index in [9.17, 15) is 0 Å². The van der Waals surface area contributed by atoms with Gasteiger partial charge in [0.25, 0.3) is 0 Å². The van der Waals surface area contributed by atoms with Crippen LogP contribution in [-0.2, 0) is 0 Å². The molecule has 1 atom stereocenters. The van der Waals surface area contributed by atoms with Crippen LogP contribution in [0.3, 0.4) is 0 Å². The van der Waals surface area contributed by atoms with Gasteiger partial charge in [-0.15, -0.1) is 11.8 Å². The number of nitrogens with zero attached hydrogens (tertiary/aromatic N) is 1. The van der Waals surface area contributed by atoms with Gasteiger partial charge in [0.05, 0.1) is 6.61 Å². The van der Waals surface area contributed by atoms with Crippen molar-refractivity contribution in [3.8, 4) is 0 Å². The van der Waals surface area contributed by atoms with Gasteiger partial charge in [-0.1, -0.05) is 17.7 Å². The zero-order valence-corrected chi connectivity index (χ0v) is 11.1. The Morgan fingerprint density at radius 3 is 2.50 bits per heavy atom. The maximum absolute atomic E-state index is 9.00. The lowest BCUT2D eigenvalue weighted by Gasteiger charge is -2.22. The minimum absolute atomic E-state index is 0.228. The fourth-order valence-electron chi connectivity index (χ4n) is 1.30. The summed E-state index contributed by atoms with van der Waals surface area (Å²) in [6.07, 6.45) is 0. The Bertz CT molecular complexity index is 299. The molecule has 0 amide bonds. The smallest absolute Gasteiger partial charge is 0.0584 e. The van der Waals surface area contributed by atoms with Crippen molar-refractivity contribution in [1.82, 2.24) is 4.90 Å². The van der Waals surface area contributed by atoms with E-state index >= 15 is 0 Å². The van der Waals surface area contributed by atoms with Crippen LogP contribution in [0.15, 0.2) is 29.2 Å². The summed E-state index contributed by atoms with van der Waals surface area (Å²) < 4.78 is 0. The van der Waals surface area contributed by atoms with Crippen molar-refractivity contribution in [3.63, 3.8) is 0 Å². The molecule has 0 saturated heterocycles. The SMILES string of the molecule is Cc1ccc(SCCN(C)C(C)CO)cc1. The molecule has 0 bridgehead atoms. The number of benzene rings is 1. The van der Waals surface area contributed by atoms with Gasteiger partial charge in [0.1, 0.15) is 0 Å². The Balaban J connectivity index is 2.27. The van der Waals surface area contributed by atoms with E-state index in [1.807, 2.05) is 18.7 Å². The van der Waals surface area contributed by atoms with Gasteiger partial charge in [0.15, 0.2) is 0 Å². The largest absolute Gasteiger partial charge is 0.395 e. The zero-order valence-electron chi connectivity index (χ0n) is 10.3. The number of thioether (sulfide) groups is 1. The molecular weight excluding hydrogens is 218 g/mol. The standard InChI is InChI=1S/C13H21NOS/c1-11-4-6-13(7-5-11)16-9-8-14(3)12(2)10-15/h4-7,12,15H,8-10H2,1-3H3. The number of rotatable bonds is 6. The average Bonchev–Trinajstić information content (AvgIpc) is 2.30. The number of aryl methyl sites for hydroxylation is 1. The van der Waals surface area contributed by atoms with Crippen molar-refractivity contribution in [2.75, 3.05) is 26.0 Å². The molecule has 0 fully saturated rings. The summed E-state index contributed by atoms with van der Waals surface area (Å²) in [4.78, 5) is 3.50. The Morgan fingerprint density at radius 1 is 1.31 bits per heavy atom. The molecular formula is C13H21NOS. The average molecular weight is 239 g/mol. The molecule has 0 aromatic heterocycles. The molecule has 3 heteroatoms. The lowest BCUT2D eigenvalue weighted by atomic mass is 10.2. The van der Waals surface area contributed by atoms with Gasteiger partial charge in [-0.25, -0.2) is 0 Å². The fourth-order valence-corrected chi connectivity index (χ4v) is 2.25. The minimum atomic E-state index is 0.228. The molecule has 1 N–H and O–H groups in total. The highest BCUT2D eigenvalue weighted by Gasteiger charge is 2.06. The molecule has 0 spiro atoms. The van der Waals surface area contributed by atoms with Gasteiger partial charge in [-0.3, -0.25) is 0 Å². The maximum Gasteiger partial charge on any atom is 0.0584 e. The third kappa shape index (κ3) is 4.56. The Labute approximate surface area is 103 Å². The molecule has 0 aliphatic carbocycles. The summed E-state index contributed by atoms with van der Waals surface area (Å²) in [5.74, 6) is 1.06. The summed E-state index contributed by atoms with van der Waals surface area (Å²) in [6.45, 7) is 5.37. The summed E-state index contributed by atoms with van der Waals surface area (Å²) in [5.41, 5.74) is 1.30. The van der Waals surface area contributed by atoms with Crippen LogP contribution in [0.4, 0.5) is 0 Å². The van der Waals surface area contributed by atoms with E-state index < -0.39 is 0 Å². The first-order chi connectivity index (χ1) is 7.63. The van der Waals surface area contributed by atoms with Gasteiger partial charge >= 0.3 is 0 Å². The van der Waals surface area contributed by atoms with Crippen molar-refractivity contribution < 1.29 is 5.11 Å². The normalized spacial score (nSPS) is 13.1. The predicted molar refractivity (Wildman–Crippen MR) is 71.1 cm³/mol. The van der Waals surface area contributed by atoms with Crippen molar-refractivity contribution in [3.05, 3.63) is 29.8 Å². The van der Waals surface area contributed by atoms with Crippen LogP contribution in [0.1, 0.15) is 12.5 Å². The van der Waals surface area contributed by atoms with E-state index in [0.717, 1.165) is 12.3 Å². The summed E-state index contributed by atoms with van der Waals surface area (Å²) in [5, 5.41) is 9.00. The van der Waals surface area contributed by atoms with Crippen LogP contribution in [0.25, 0.3) is 0 Å².